The second-order valence-corrected chi connectivity index (χ2v) is 7.03. The largest absolute Gasteiger partial charge is 0.476 e. The fourth-order valence-corrected chi connectivity index (χ4v) is 3.49. The van der Waals surface area contributed by atoms with Gasteiger partial charge in [0.05, 0.1) is 37.1 Å². The lowest BCUT2D eigenvalue weighted by atomic mass is 10.1. The van der Waals surface area contributed by atoms with Crippen molar-refractivity contribution in [3.05, 3.63) is 65.7 Å². The number of amides is 2. The number of morpholine rings is 1. The summed E-state index contributed by atoms with van der Waals surface area (Å²) in [6, 6.07) is 16.2. The summed E-state index contributed by atoms with van der Waals surface area (Å²) >= 11 is 0. The third kappa shape index (κ3) is 4.19. The van der Waals surface area contributed by atoms with Crippen molar-refractivity contribution in [1.29, 1.82) is 5.26 Å². The SMILES string of the molecule is N#Cc1ccc(/C=C/C(=O)N2CC(C(=O)N3CCOCC3)Oc3ccccc32)cc1. The van der Waals surface area contributed by atoms with Crippen LogP contribution < -0.4 is 9.64 Å². The van der Waals surface area contributed by atoms with Crippen LogP contribution in [-0.2, 0) is 14.3 Å². The number of anilines is 1. The molecule has 30 heavy (non-hydrogen) atoms. The fourth-order valence-electron chi connectivity index (χ4n) is 3.49. The highest BCUT2D eigenvalue weighted by molar-refractivity contribution is 6.05. The van der Waals surface area contributed by atoms with Gasteiger partial charge in [-0.05, 0) is 35.9 Å². The minimum absolute atomic E-state index is 0.137. The van der Waals surface area contributed by atoms with Crippen molar-refractivity contribution in [2.75, 3.05) is 37.7 Å². The van der Waals surface area contributed by atoms with Gasteiger partial charge in [0, 0.05) is 19.2 Å². The van der Waals surface area contributed by atoms with E-state index in [1.807, 2.05) is 12.1 Å². The number of para-hydroxylation sites is 2. The van der Waals surface area contributed by atoms with E-state index >= 15 is 0 Å². The smallest absolute Gasteiger partial charge is 0.265 e. The number of hydrogen-bond acceptors (Lipinski definition) is 5. The molecule has 7 heteroatoms. The van der Waals surface area contributed by atoms with E-state index in [0.29, 0.717) is 43.3 Å². The van der Waals surface area contributed by atoms with E-state index in [2.05, 4.69) is 6.07 Å². The molecular formula is C23H21N3O4. The van der Waals surface area contributed by atoms with Crippen LogP contribution in [0.4, 0.5) is 5.69 Å². The first-order valence-corrected chi connectivity index (χ1v) is 9.77. The van der Waals surface area contributed by atoms with Gasteiger partial charge in [-0.2, -0.15) is 5.26 Å². The molecule has 2 aliphatic rings. The number of carbonyl (C=O) groups is 2. The molecule has 2 heterocycles. The molecule has 4 rings (SSSR count). The number of nitriles is 1. The molecule has 2 aromatic rings. The van der Waals surface area contributed by atoms with E-state index in [1.165, 1.54) is 6.08 Å². The van der Waals surface area contributed by atoms with Crippen molar-refractivity contribution in [1.82, 2.24) is 4.90 Å². The number of hydrogen-bond donors (Lipinski definition) is 0. The van der Waals surface area contributed by atoms with E-state index in [4.69, 9.17) is 14.7 Å². The maximum absolute atomic E-state index is 13.0. The van der Waals surface area contributed by atoms with Crippen LogP contribution in [-0.4, -0.2) is 55.7 Å². The van der Waals surface area contributed by atoms with Crippen LogP contribution in [0.5, 0.6) is 5.75 Å². The predicted octanol–water partition coefficient (Wildman–Crippen LogP) is 2.22. The Balaban J connectivity index is 1.54. The number of rotatable bonds is 3. The summed E-state index contributed by atoms with van der Waals surface area (Å²) in [6.45, 7) is 2.19. The number of fused-ring (bicyclic) bond motifs is 1. The van der Waals surface area contributed by atoms with Crippen molar-refractivity contribution >= 4 is 23.6 Å². The Morgan fingerprint density at radius 3 is 2.53 bits per heavy atom. The van der Waals surface area contributed by atoms with Gasteiger partial charge in [0.15, 0.2) is 6.10 Å². The van der Waals surface area contributed by atoms with Gasteiger partial charge >= 0.3 is 0 Å². The van der Waals surface area contributed by atoms with Gasteiger partial charge in [0.1, 0.15) is 5.75 Å². The molecule has 0 aromatic heterocycles. The molecule has 0 saturated carbocycles. The summed E-state index contributed by atoms with van der Waals surface area (Å²) in [5.41, 5.74) is 2.01. The maximum atomic E-state index is 13.0. The van der Waals surface area contributed by atoms with Crippen LogP contribution in [0.3, 0.4) is 0 Å². The second-order valence-electron chi connectivity index (χ2n) is 7.03. The Morgan fingerprint density at radius 2 is 1.80 bits per heavy atom. The Labute approximate surface area is 174 Å². The molecule has 2 aliphatic heterocycles. The van der Waals surface area contributed by atoms with Gasteiger partial charge in [-0.25, -0.2) is 0 Å². The Kier molecular flexibility index (Phi) is 5.77. The van der Waals surface area contributed by atoms with Crippen LogP contribution in [0.15, 0.2) is 54.6 Å². The van der Waals surface area contributed by atoms with E-state index in [1.54, 1.807) is 52.3 Å². The first-order valence-electron chi connectivity index (χ1n) is 9.77. The highest BCUT2D eigenvalue weighted by Gasteiger charge is 2.35. The zero-order valence-electron chi connectivity index (χ0n) is 16.4. The van der Waals surface area contributed by atoms with Crippen molar-refractivity contribution in [3.8, 4) is 11.8 Å². The van der Waals surface area contributed by atoms with Gasteiger partial charge in [-0.15, -0.1) is 0 Å². The monoisotopic (exact) mass is 403 g/mol. The van der Waals surface area contributed by atoms with E-state index in [-0.39, 0.29) is 18.4 Å². The van der Waals surface area contributed by atoms with Crippen LogP contribution in [0.1, 0.15) is 11.1 Å². The number of nitrogens with zero attached hydrogens (tertiary/aromatic N) is 3. The Hall–Kier alpha value is -3.63. The summed E-state index contributed by atoms with van der Waals surface area (Å²) in [6.07, 6.45) is 2.41. The van der Waals surface area contributed by atoms with Crippen LogP contribution in [0.2, 0.25) is 0 Å². The van der Waals surface area contributed by atoms with Gasteiger partial charge in [0.2, 0.25) is 0 Å². The number of carbonyl (C=O) groups excluding carboxylic acids is 2. The summed E-state index contributed by atoms with van der Waals surface area (Å²) in [4.78, 5) is 29.2. The Morgan fingerprint density at radius 1 is 1.07 bits per heavy atom. The molecule has 2 aromatic carbocycles. The van der Waals surface area contributed by atoms with Crippen LogP contribution in [0.25, 0.3) is 6.08 Å². The van der Waals surface area contributed by atoms with Gasteiger partial charge in [-0.3, -0.25) is 9.59 Å². The summed E-state index contributed by atoms with van der Waals surface area (Å²) in [7, 11) is 0. The molecule has 2 amide bonds. The minimum Gasteiger partial charge on any atom is -0.476 e. The highest BCUT2D eigenvalue weighted by Crippen LogP contribution is 2.33. The molecule has 7 nitrogen and oxygen atoms in total. The minimum atomic E-state index is -0.759. The molecule has 0 radical (unpaired) electrons. The lowest BCUT2D eigenvalue weighted by Crippen LogP contribution is -2.53. The molecule has 152 valence electrons. The number of benzene rings is 2. The lowest BCUT2D eigenvalue weighted by molar-refractivity contribution is -0.142. The van der Waals surface area contributed by atoms with E-state index < -0.39 is 6.10 Å². The second kappa shape index (κ2) is 8.80. The molecular weight excluding hydrogens is 382 g/mol. The maximum Gasteiger partial charge on any atom is 0.265 e. The molecule has 1 atom stereocenters. The first-order chi connectivity index (χ1) is 14.7. The fraction of sp³-hybridized carbons (Fsp3) is 0.261. The van der Waals surface area contributed by atoms with Gasteiger partial charge in [0.25, 0.3) is 11.8 Å². The van der Waals surface area contributed by atoms with Crippen molar-refractivity contribution in [2.45, 2.75) is 6.10 Å². The molecule has 0 spiro atoms. The lowest BCUT2D eigenvalue weighted by Gasteiger charge is -2.37. The average molecular weight is 403 g/mol. The number of ether oxygens (including phenoxy) is 2. The molecule has 1 fully saturated rings. The van der Waals surface area contributed by atoms with Crippen LogP contribution in [0, 0.1) is 11.3 Å². The molecule has 1 unspecified atom stereocenters. The van der Waals surface area contributed by atoms with Crippen LogP contribution >= 0.6 is 0 Å². The summed E-state index contributed by atoms with van der Waals surface area (Å²) in [5, 5.41) is 8.90. The van der Waals surface area contributed by atoms with Crippen molar-refractivity contribution in [2.24, 2.45) is 0 Å². The van der Waals surface area contributed by atoms with E-state index in [9.17, 15) is 9.59 Å². The van der Waals surface area contributed by atoms with E-state index in [0.717, 1.165) is 5.56 Å². The van der Waals surface area contributed by atoms with Crippen molar-refractivity contribution < 1.29 is 19.1 Å². The van der Waals surface area contributed by atoms with Crippen molar-refractivity contribution in [3.63, 3.8) is 0 Å². The quantitative estimate of drug-likeness (QED) is 0.734. The predicted molar refractivity (Wildman–Crippen MR) is 111 cm³/mol. The topological polar surface area (TPSA) is 82.9 Å². The molecule has 0 N–H and O–H groups in total. The summed E-state index contributed by atoms with van der Waals surface area (Å²) in [5.74, 6) is 0.132. The highest BCUT2D eigenvalue weighted by atomic mass is 16.5. The molecule has 0 bridgehead atoms. The average Bonchev–Trinajstić information content (AvgIpc) is 2.82. The van der Waals surface area contributed by atoms with Gasteiger partial charge in [-0.1, -0.05) is 24.3 Å². The standard InChI is InChI=1S/C23H21N3O4/c24-15-18-7-5-17(6-8-18)9-10-22(27)26-16-21(23(28)25-11-13-29-14-12-25)30-20-4-2-1-3-19(20)26/h1-10,21H,11-14,16H2/b10-9+. The molecule has 0 aliphatic carbocycles. The third-order valence-corrected chi connectivity index (χ3v) is 5.10. The Bertz CT molecular complexity index is 1000. The molecule has 1 saturated heterocycles. The first kappa shape index (κ1) is 19.7. The summed E-state index contributed by atoms with van der Waals surface area (Å²) < 4.78 is 11.3. The zero-order chi connectivity index (χ0) is 20.9. The zero-order valence-corrected chi connectivity index (χ0v) is 16.4. The third-order valence-electron chi connectivity index (χ3n) is 5.10. The van der Waals surface area contributed by atoms with Gasteiger partial charge < -0.3 is 19.3 Å². The normalized spacial score (nSPS) is 18.4.